The van der Waals surface area contributed by atoms with Gasteiger partial charge in [0.1, 0.15) is 5.82 Å². The Labute approximate surface area is 166 Å². The lowest BCUT2D eigenvalue weighted by Crippen LogP contribution is -2.26. The molecule has 0 aliphatic heterocycles. The average Bonchev–Trinajstić information content (AvgIpc) is 2.69. The van der Waals surface area contributed by atoms with Crippen molar-refractivity contribution in [1.29, 1.82) is 0 Å². The molecule has 0 bridgehead atoms. The monoisotopic (exact) mass is 395 g/mol. The van der Waals surface area contributed by atoms with Crippen molar-refractivity contribution in [1.82, 2.24) is 9.55 Å². The summed E-state index contributed by atoms with van der Waals surface area (Å²) in [7, 11) is 0. The molecule has 27 heavy (non-hydrogen) atoms. The summed E-state index contributed by atoms with van der Waals surface area (Å²) in [5.41, 5.74) is 1.79. The smallest absolute Gasteiger partial charge is 0.266 e. The molecule has 1 aromatic heterocycles. The van der Waals surface area contributed by atoms with E-state index in [0.29, 0.717) is 39.0 Å². The van der Waals surface area contributed by atoms with Crippen LogP contribution in [0.25, 0.3) is 16.6 Å². The molecule has 134 valence electrons. The summed E-state index contributed by atoms with van der Waals surface area (Å²) in [6.07, 6.45) is 0. The summed E-state index contributed by atoms with van der Waals surface area (Å²) in [6.45, 7) is 0.339. The van der Waals surface area contributed by atoms with E-state index in [-0.39, 0.29) is 5.56 Å². The van der Waals surface area contributed by atoms with Crippen molar-refractivity contribution < 1.29 is 0 Å². The van der Waals surface area contributed by atoms with Gasteiger partial charge in [0.05, 0.1) is 33.2 Å². The predicted molar refractivity (Wildman–Crippen MR) is 111 cm³/mol. The van der Waals surface area contributed by atoms with Gasteiger partial charge in [-0.2, -0.15) is 0 Å². The van der Waals surface area contributed by atoms with Gasteiger partial charge in [-0.05, 0) is 36.4 Å². The number of hydrogen-bond donors (Lipinski definition) is 1. The molecule has 0 aliphatic carbocycles. The van der Waals surface area contributed by atoms with Crippen molar-refractivity contribution in [3.63, 3.8) is 0 Å². The van der Waals surface area contributed by atoms with Gasteiger partial charge >= 0.3 is 0 Å². The third kappa shape index (κ3) is 3.42. The van der Waals surface area contributed by atoms with E-state index in [1.807, 2.05) is 48.5 Å². The van der Waals surface area contributed by atoms with Crippen LogP contribution in [0.15, 0.2) is 77.6 Å². The summed E-state index contributed by atoms with van der Waals surface area (Å²) >= 11 is 12.8. The van der Waals surface area contributed by atoms with Crippen molar-refractivity contribution >= 4 is 39.8 Å². The Morgan fingerprint density at radius 3 is 2.26 bits per heavy atom. The largest absolute Gasteiger partial charge is 0.378 e. The predicted octanol–water partition coefficient (Wildman–Crippen LogP) is 5.30. The Kier molecular flexibility index (Phi) is 4.84. The first kappa shape index (κ1) is 17.6. The fraction of sp³-hybridized carbons (Fsp3) is 0.0476. The molecule has 1 heterocycles. The zero-order valence-corrected chi connectivity index (χ0v) is 15.7. The lowest BCUT2D eigenvalue weighted by atomic mass is 10.2. The van der Waals surface area contributed by atoms with Crippen molar-refractivity contribution in [3.8, 4) is 5.69 Å². The molecule has 0 radical (unpaired) electrons. The van der Waals surface area contributed by atoms with E-state index in [4.69, 9.17) is 28.2 Å². The van der Waals surface area contributed by atoms with E-state index in [1.165, 1.54) is 4.57 Å². The molecule has 1 N–H and O–H groups in total. The van der Waals surface area contributed by atoms with Crippen LogP contribution in [0.4, 0.5) is 5.69 Å². The number of nitrogens with one attached hydrogen (secondary N) is 1. The minimum absolute atomic E-state index is 0.208. The highest BCUT2D eigenvalue weighted by Gasteiger charge is 2.17. The topological polar surface area (TPSA) is 46.9 Å². The first-order valence-corrected chi connectivity index (χ1v) is 9.15. The lowest BCUT2D eigenvalue weighted by molar-refractivity contribution is 0.839. The van der Waals surface area contributed by atoms with Crippen LogP contribution in [0, 0.1) is 0 Å². The minimum atomic E-state index is -0.208. The second kappa shape index (κ2) is 7.43. The fourth-order valence-electron chi connectivity index (χ4n) is 2.97. The quantitative estimate of drug-likeness (QED) is 0.509. The average molecular weight is 396 g/mol. The van der Waals surface area contributed by atoms with E-state index in [9.17, 15) is 4.79 Å². The second-order valence-electron chi connectivity index (χ2n) is 5.98. The molecule has 0 saturated carbocycles. The maximum absolute atomic E-state index is 13.2. The summed E-state index contributed by atoms with van der Waals surface area (Å²) in [6, 6.07) is 22.1. The van der Waals surface area contributed by atoms with Gasteiger partial charge in [-0.3, -0.25) is 9.36 Å². The van der Waals surface area contributed by atoms with Crippen LogP contribution in [0.3, 0.4) is 0 Å². The standard InChI is InChI=1S/C21H15Cl2N3O/c22-16-10-6-11-17(23)20(16)26-19(13-24-14-7-2-1-3-8-14)25-18-12-5-4-9-15(18)21(26)27/h1-12,24H,13H2. The number of fused-ring (bicyclic) bond motifs is 1. The third-order valence-electron chi connectivity index (χ3n) is 4.23. The summed E-state index contributed by atoms with van der Waals surface area (Å²) in [5.74, 6) is 0.526. The molecule has 0 saturated heterocycles. The molecule has 0 atom stereocenters. The van der Waals surface area contributed by atoms with Crippen LogP contribution in [0.1, 0.15) is 5.82 Å². The summed E-state index contributed by atoms with van der Waals surface area (Å²) in [4.78, 5) is 17.9. The zero-order valence-electron chi connectivity index (χ0n) is 14.2. The molecule has 0 aliphatic rings. The van der Waals surface area contributed by atoms with Gasteiger partial charge < -0.3 is 5.32 Å². The number of anilines is 1. The number of halogens is 2. The minimum Gasteiger partial charge on any atom is -0.378 e. The Morgan fingerprint density at radius 1 is 0.852 bits per heavy atom. The Hall–Kier alpha value is -2.82. The van der Waals surface area contributed by atoms with Crippen LogP contribution in [0.2, 0.25) is 10.0 Å². The molecule has 4 rings (SSSR count). The van der Waals surface area contributed by atoms with Crippen LogP contribution in [-0.4, -0.2) is 9.55 Å². The molecule has 0 unspecified atom stereocenters. The van der Waals surface area contributed by atoms with Crippen molar-refractivity contribution in [2.75, 3.05) is 5.32 Å². The molecule has 6 heteroatoms. The van der Waals surface area contributed by atoms with E-state index in [2.05, 4.69) is 5.32 Å². The Bertz CT molecular complexity index is 1150. The zero-order chi connectivity index (χ0) is 18.8. The Morgan fingerprint density at radius 2 is 1.52 bits per heavy atom. The number of benzene rings is 3. The van der Waals surface area contributed by atoms with E-state index < -0.39 is 0 Å². The second-order valence-corrected chi connectivity index (χ2v) is 6.79. The van der Waals surface area contributed by atoms with Crippen LogP contribution in [0.5, 0.6) is 0 Å². The molecular formula is C21H15Cl2N3O. The number of hydrogen-bond acceptors (Lipinski definition) is 3. The van der Waals surface area contributed by atoms with Crippen molar-refractivity contribution in [2.24, 2.45) is 0 Å². The molecule has 0 fully saturated rings. The van der Waals surface area contributed by atoms with Gasteiger partial charge in [0.2, 0.25) is 0 Å². The van der Waals surface area contributed by atoms with Gasteiger partial charge in [0, 0.05) is 5.69 Å². The normalized spacial score (nSPS) is 10.9. The van der Waals surface area contributed by atoms with Gasteiger partial charge in [-0.15, -0.1) is 0 Å². The highest BCUT2D eigenvalue weighted by Crippen LogP contribution is 2.28. The van der Waals surface area contributed by atoms with Gasteiger partial charge in [-0.25, -0.2) is 4.98 Å². The van der Waals surface area contributed by atoms with E-state index in [0.717, 1.165) is 5.69 Å². The summed E-state index contributed by atoms with van der Waals surface area (Å²) in [5, 5.41) is 4.59. The Balaban J connectivity index is 1.92. The molecular weight excluding hydrogens is 381 g/mol. The van der Waals surface area contributed by atoms with E-state index in [1.54, 1.807) is 24.3 Å². The van der Waals surface area contributed by atoms with E-state index >= 15 is 0 Å². The summed E-state index contributed by atoms with van der Waals surface area (Å²) < 4.78 is 1.49. The first-order chi connectivity index (χ1) is 13.1. The van der Waals surface area contributed by atoms with Gasteiger partial charge in [-0.1, -0.05) is 59.6 Å². The van der Waals surface area contributed by atoms with Crippen LogP contribution < -0.4 is 10.9 Å². The highest BCUT2D eigenvalue weighted by atomic mass is 35.5. The molecule has 0 spiro atoms. The number of aromatic nitrogens is 2. The molecule has 4 nitrogen and oxygen atoms in total. The van der Waals surface area contributed by atoms with Crippen LogP contribution >= 0.6 is 23.2 Å². The molecule has 0 amide bonds. The first-order valence-electron chi connectivity index (χ1n) is 8.39. The van der Waals surface area contributed by atoms with Crippen LogP contribution in [-0.2, 0) is 6.54 Å². The van der Waals surface area contributed by atoms with Crippen molar-refractivity contribution in [2.45, 2.75) is 6.54 Å². The highest BCUT2D eigenvalue weighted by molar-refractivity contribution is 6.37. The number of nitrogens with zero attached hydrogens (tertiary/aromatic N) is 2. The number of para-hydroxylation sites is 3. The van der Waals surface area contributed by atoms with Gasteiger partial charge in [0.15, 0.2) is 0 Å². The van der Waals surface area contributed by atoms with Crippen molar-refractivity contribution in [3.05, 3.63) is 99.0 Å². The maximum atomic E-state index is 13.2. The lowest BCUT2D eigenvalue weighted by Gasteiger charge is -2.17. The SMILES string of the molecule is O=c1c2ccccc2nc(CNc2ccccc2)n1-c1c(Cl)cccc1Cl. The third-order valence-corrected chi connectivity index (χ3v) is 4.84. The maximum Gasteiger partial charge on any atom is 0.266 e. The van der Waals surface area contributed by atoms with Gasteiger partial charge in [0.25, 0.3) is 5.56 Å². The molecule has 3 aromatic carbocycles. The fourth-order valence-corrected chi connectivity index (χ4v) is 3.53. The number of rotatable bonds is 4. The molecule has 4 aromatic rings.